The zero-order chi connectivity index (χ0) is 18.7. The number of carbonyl (C=O) groups is 2. The molecule has 0 radical (unpaired) electrons. The van der Waals surface area contributed by atoms with E-state index in [-0.39, 0.29) is 17.7 Å². The first-order valence-electron chi connectivity index (χ1n) is 8.72. The Morgan fingerprint density at radius 3 is 2.58 bits per heavy atom. The number of anilines is 1. The maximum absolute atomic E-state index is 12.6. The lowest BCUT2D eigenvalue weighted by atomic mass is 9.95. The van der Waals surface area contributed by atoms with Gasteiger partial charge in [-0.05, 0) is 56.0 Å². The predicted molar refractivity (Wildman–Crippen MR) is 102 cm³/mol. The Labute approximate surface area is 158 Å². The number of nitrogens with one attached hydrogen (secondary N) is 1. The highest BCUT2D eigenvalue weighted by molar-refractivity contribution is 6.34. The fourth-order valence-electron chi connectivity index (χ4n) is 3.32. The normalized spacial score (nSPS) is 15.0. The molecule has 1 aromatic heterocycles. The number of piperidine rings is 1. The van der Waals surface area contributed by atoms with E-state index in [0.29, 0.717) is 42.2 Å². The summed E-state index contributed by atoms with van der Waals surface area (Å²) in [4.78, 5) is 30.8. The fourth-order valence-corrected chi connectivity index (χ4v) is 3.68. The van der Waals surface area contributed by atoms with Gasteiger partial charge < -0.3 is 10.2 Å². The van der Waals surface area contributed by atoms with Gasteiger partial charge in [0, 0.05) is 31.4 Å². The molecule has 5 nitrogen and oxygen atoms in total. The maximum atomic E-state index is 12.6. The molecule has 2 heterocycles. The largest absolute Gasteiger partial charge is 0.339 e. The standard InChI is InChI=1S/C20H22ClN3O2/c1-13-10-14(2)18(17(21)11-13)23-19(25)15-5-8-24(9-6-15)20(26)16-4-3-7-22-12-16/h3-4,7,10-12,15H,5-6,8-9H2,1-2H3,(H,23,25). The Balaban J connectivity index is 1.60. The summed E-state index contributed by atoms with van der Waals surface area (Å²) in [6.45, 7) is 5.03. The molecule has 0 aliphatic carbocycles. The average molecular weight is 372 g/mol. The van der Waals surface area contributed by atoms with Crippen LogP contribution in [-0.2, 0) is 4.79 Å². The van der Waals surface area contributed by atoms with Crippen molar-refractivity contribution in [3.63, 3.8) is 0 Å². The first kappa shape index (κ1) is 18.4. The lowest BCUT2D eigenvalue weighted by Gasteiger charge is -2.31. The highest BCUT2D eigenvalue weighted by Crippen LogP contribution is 2.29. The number of benzene rings is 1. The van der Waals surface area contributed by atoms with Crippen molar-refractivity contribution in [3.8, 4) is 0 Å². The molecule has 136 valence electrons. The van der Waals surface area contributed by atoms with Gasteiger partial charge in [-0.2, -0.15) is 0 Å². The van der Waals surface area contributed by atoms with Gasteiger partial charge >= 0.3 is 0 Å². The fraction of sp³-hybridized carbons (Fsp3) is 0.350. The van der Waals surface area contributed by atoms with E-state index in [1.165, 1.54) is 0 Å². The van der Waals surface area contributed by atoms with E-state index in [2.05, 4.69) is 10.3 Å². The number of aromatic nitrogens is 1. The molecule has 6 heteroatoms. The summed E-state index contributed by atoms with van der Waals surface area (Å²) in [5.74, 6) is -0.188. The molecule has 1 aromatic carbocycles. The zero-order valence-electron chi connectivity index (χ0n) is 15.0. The molecule has 0 atom stereocenters. The van der Waals surface area contributed by atoms with Crippen LogP contribution in [0.2, 0.25) is 5.02 Å². The minimum atomic E-state index is -0.121. The molecule has 1 N–H and O–H groups in total. The number of aryl methyl sites for hydroxylation is 2. The second-order valence-corrected chi connectivity index (χ2v) is 7.14. The number of hydrogen-bond donors (Lipinski definition) is 1. The van der Waals surface area contributed by atoms with Gasteiger partial charge in [0.2, 0.25) is 5.91 Å². The van der Waals surface area contributed by atoms with Crippen molar-refractivity contribution in [3.05, 3.63) is 58.4 Å². The number of rotatable bonds is 3. The van der Waals surface area contributed by atoms with Gasteiger partial charge in [0.1, 0.15) is 0 Å². The van der Waals surface area contributed by atoms with Crippen molar-refractivity contribution in [2.24, 2.45) is 5.92 Å². The third-order valence-electron chi connectivity index (χ3n) is 4.74. The molecule has 1 saturated heterocycles. The number of pyridine rings is 1. The third kappa shape index (κ3) is 4.05. The van der Waals surface area contributed by atoms with Crippen molar-refractivity contribution in [2.45, 2.75) is 26.7 Å². The summed E-state index contributed by atoms with van der Waals surface area (Å²) in [7, 11) is 0. The molecule has 1 fully saturated rings. The van der Waals surface area contributed by atoms with E-state index in [1.54, 1.807) is 29.4 Å². The Morgan fingerprint density at radius 1 is 1.23 bits per heavy atom. The van der Waals surface area contributed by atoms with Gasteiger partial charge in [-0.1, -0.05) is 17.7 Å². The third-order valence-corrected chi connectivity index (χ3v) is 5.04. The van der Waals surface area contributed by atoms with Crippen LogP contribution in [0.15, 0.2) is 36.7 Å². The Bertz CT molecular complexity index is 792. The molecule has 0 saturated carbocycles. The summed E-state index contributed by atoms with van der Waals surface area (Å²) in [5.41, 5.74) is 3.27. The molecule has 2 aromatic rings. The summed E-state index contributed by atoms with van der Waals surface area (Å²) < 4.78 is 0. The van der Waals surface area contributed by atoms with E-state index < -0.39 is 0 Å². The van der Waals surface area contributed by atoms with E-state index in [0.717, 1.165) is 11.1 Å². The quantitative estimate of drug-likeness (QED) is 0.891. The van der Waals surface area contributed by atoms with Gasteiger partial charge in [-0.3, -0.25) is 14.6 Å². The van der Waals surface area contributed by atoms with Gasteiger partial charge in [-0.25, -0.2) is 0 Å². The number of amides is 2. The number of carbonyl (C=O) groups excluding carboxylic acids is 2. The first-order chi connectivity index (χ1) is 12.5. The molecular weight excluding hydrogens is 350 g/mol. The van der Waals surface area contributed by atoms with Crippen LogP contribution in [-0.4, -0.2) is 34.8 Å². The van der Waals surface area contributed by atoms with Gasteiger partial charge in [0.25, 0.3) is 5.91 Å². The van der Waals surface area contributed by atoms with Crippen LogP contribution >= 0.6 is 11.6 Å². The van der Waals surface area contributed by atoms with Crippen LogP contribution in [0.25, 0.3) is 0 Å². The second kappa shape index (κ2) is 7.87. The van der Waals surface area contributed by atoms with Crippen LogP contribution in [0.3, 0.4) is 0 Å². The highest BCUT2D eigenvalue weighted by Gasteiger charge is 2.28. The minimum Gasteiger partial charge on any atom is -0.339 e. The molecule has 0 spiro atoms. The number of hydrogen-bond acceptors (Lipinski definition) is 3. The number of nitrogens with zero attached hydrogens (tertiary/aromatic N) is 2. The second-order valence-electron chi connectivity index (χ2n) is 6.74. The van der Waals surface area contributed by atoms with Crippen LogP contribution in [0, 0.1) is 19.8 Å². The molecule has 0 unspecified atom stereocenters. The van der Waals surface area contributed by atoms with Crippen LogP contribution in [0.4, 0.5) is 5.69 Å². The molecule has 1 aliphatic rings. The van der Waals surface area contributed by atoms with E-state index in [9.17, 15) is 9.59 Å². The molecule has 26 heavy (non-hydrogen) atoms. The Kier molecular flexibility index (Phi) is 5.57. The van der Waals surface area contributed by atoms with Crippen LogP contribution < -0.4 is 5.32 Å². The van der Waals surface area contributed by atoms with Gasteiger partial charge in [0.15, 0.2) is 0 Å². The molecule has 2 amide bonds. The summed E-state index contributed by atoms with van der Waals surface area (Å²) >= 11 is 6.28. The SMILES string of the molecule is Cc1cc(C)c(NC(=O)C2CCN(C(=O)c3cccnc3)CC2)c(Cl)c1. The number of likely N-dealkylation sites (tertiary alicyclic amines) is 1. The van der Waals surface area contributed by atoms with E-state index in [1.807, 2.05) is 26.0 Å². The Hall–Kier alpha value is -2.40. The Morgan fingerprint density at radius 2 is 1.96 bits per heavy atom. The lowest BCUT2D eigenvalue weighted by Crippen LogP contribution is -2.41. The average Bonchev–Trinajstić information content (AvgIpc) is 2.64. The monoisotopic (exact) mass is 371 g/mol. The first-order valence-corrected chi connectivity index (χ1v) is 9.10. The predicted octanol–water partition coefficient (Wildman–Crippen LogP) is 3.84. The van der Waals surface area contributed by atoms with Crippen molar-refractivity contribution in [2.75, 3.05) is 18.4 Å². The van der Waals surface area contributed by atoms with Crippen molar-refractivity contribution in [1.29, 1.82) is 0 Å². The van der Waals surface area contributed by atoms with E-state index >= 15 is 0 Å². The minimum absolute atomic E-state index is 0.0330. The van der Waals surface area contributed by atoms with Gasteiger partial charge in [0.05, 0.1) is 16.3 Å². The molecule has 0 bridgehead atoms. The molecule has 3 rings (SSSR count). The van der Waals surface area contributed by atoms with Crippen LogP contribution in [0.5, 0.6) is 0 Å². The lowest BCUT2D eigenvalue weighted by molar-refractivity contribution is -0.121. The number of halogens is 1. The summed E-state index contributed by atoms with van der Waals surface area (Å²) in [6, 6.07) is 7.35. The smallest absolute Gasteiger partial charge is 0.255 e. The topological polar surface area (TPSA) is 62.3 Å². The van der Waals surface area contributed by atoms with E-state index in [4.69, 9.17) is 11.6 Å². The van der Waals surface area contributed by atoms with Crippen LogP contribution in [0.1, 0.15) is 34.3 Å². The van der Waals surface area contributed by atoms with Crippen molar-refractivity contribution < 1.29 is 9.59 Å². The summed E-state index contributed by atoms with van der Waals surface area (Å²) in [5, 5.41) is 3.52. The maximum Gasteiger partial charge on any atom is 0.255 e. The zero-order valence-corrected chi connectivity index (χ0v) is 15.7. The highest BCUT2D eigenvalue weighted by atomic mass is 35.5. The molecular formula is C20H22ClN3O2. The molecule has 1 aliphatic heterocycles. The summed E-state index contributed by atoms with van der Waals surface area (Å²) in [6.07, 6.45) is 4.50. The van der Waals surface area contributed by atoms with Crippen molar-refractivity contribution >= 4 is 29.1 Å². The van der Waals surface area contributed by atoms with Crippen molar-refractivity contribution in [1.82, 2.24) is 9.88 Å². The van der Waals surface area contributed by atoms with Gasteiger partial charge in [-0.15, -0.1) is 0 Å².